The Kier molecular flexibility index (Phi) is 5.50. The maximum Gasteiger partial charge on any atom is 0.235 e. The fraction of sp³-hybridized carbons (Fsp3) is 0.308. The van der Waals surface area contributed by atoms with Gasteiger partial charge in [-0.1, -0.05) is 12.1 Å². The van der Waals surface area contributed by atoms with Crippen molar-refractivity contribution in [2.75, 3.05) is 4.72 Å². The molecule has 2 aromatic carbocycles. The monoisotopic (exact) mass is 504 g/mol. The quantitative estimate of drug-likeness (QED) is 0.325. The smallest absolute Gasteiger partial charge is 0.235 e. The zero-order valence-corrected chi connectivity index (χ0v) is 20.6. The fourth-order valence-corrected chi connectivity index (χ4v) is 6.51. The Morgan fingerprint density at radius 2 is 1.94 bits per heavy atom. The zero-order valence-electron chi connectivity index (χ0n) is 19.0. The Bertz CT molecular complexity index is 1530. The lowest BCUT2D eigenvalue weighted by Gasteiger charge is -2.30. The molecule has 0 bridgehead atoms. The number of nitrogens with one attached hydrogen (secondary N) is 1. The van der Waals surface area contributed by atoms with Gasteiger partial charge in [-0.15, -0.1) is 11.3 Å². The molecular formula is C26H24N4O3S2. The van der Waals surface area contributed by atoms with Crippen LogP contribution in [0.3, 0.4) is 0 Å². The first kappa shape index (κ1) is 22.1. The molecule has 0 unspecified atom stereocenters. The molecule has 178 valence electrons. The van der Waals surface area contributed by atoms with E-state index in [1.165, 1.54) is 0 Å². The third-order valence-electron chi connectivity index (χ3n) is 6.75. The third kappa shape index (κ3) is 4.17. The third-order valence-corrected chi connectivity index (χ3v) is 9.38. The van der Waals surface area contributed by atoms with Crippen LogP contribution in [0.15, 0.2) is 54.0 Å². The first-order valence-electron chi connectivity index (χ1n) is 11.7. The number of anilines is 1. The number of hydrogen-bond donors (Lipinski definition) is 1. The van der Waals surface area contributed by atoms with E-state index in [0.717, 1.165) is 65.0 Å². The van der Waals surface area contributed by atoms with Crippen molar-refractivity contribution in [1.29, 1.82) is 5.26 Å². The Hall–Kier alpha value is -3.35. The molecule has 9 heteroatoms. The predicted octanol–water partition coefficient (Wildman–Crippen LogP) is 5.84. The van der Waals surface area contributed by atoms with Crippen LogP contribution in [0.25, 0.3) is 22.2 Å². The van der Waals surface area contributed by atoms with Gasteiger partial charge in [-0.05, 0) is 61.9 Å². The Morgan fingerprint density at radius 3 is 2.57 bits per heavy atom. The van der Waals surface area contributed by atoms with Crippen LogP contribution < -0.4 is 9.46 Å². The highest BCUT2D eigenvalue weighted by atomic mass is 32.2. The van der Waals surface area contributed by atoms with Crippen molar-refractivity contribution in [3.05, 3.63) is 64.6 Å². The van der Waals surface area contributed by atoms with Crippen molar-refractivity contribution in [2.24, 2.45) is 0 Å². The van der Waals surface area contributed by atoms with E-state index in [0.29, 0.717) is 23.9 Å². The number of rotatable bonds is 8. The Morgan fingerprint density at radius 1 is 1.14 bits per heavy atom. The van der Waals surface area contributed by atoms with Crippen molar-refractivity contribution in [3.8, 4) is 23.1 Å². The summed E-state index contributed by atoms with van der Waals surface area (Å²) in [5.41, 5.74) is 3.93. The van der Waals surface area contributed by atoms with Crippen LogP contribution in [-0.4, -0.2) is 23.2 Å². The van der Waals surface area contributed by atoms with E-state index >= 15 is 0 Å². The van der Waals surface area contributed by atoms with Gasteiger partial charge in [0, 0.05) is 34.8 Å². The lowest BCUT2D eigenvalue weighted by molar-refractivity contribution is 0.304. The van der Waals surface area contributed by atoms with E-state index in [2.05, 4.69) is 20.3 Å². The van der Waals surface area contributed by atoms with Gasteiger partial charge in [0.05, 0.1) is 22.0 Å². The Balaban J connectivity index is 1.39. The summed E-state index contributed by atoms with van der Waals surface area (Å²) in [6.07, 6.45) is 6.48. The van der Waals surface area contributed by atoms with E-state index in [4.69, 9.17) is 4.74 Å². The molecule has 7 nitrogen and oxygen atoms in total. The maximum absolute atomic E-state index is 12.3. The van der Waals surface area contributed by atoms with E-state index in [-0.39, 0.29) is 5.25 Å². The van der Waals surface area contributed by atoms with Crippen LogP contribution >= 0.6 is 11.3 Å². The lowest BCUT2D eigenvalue weighted by Crippen LogP contribution is -2.18. The topological polar surface area (TPSA) is 97.0 Å². The average Bonchev–Trinajstić information content (AvgIpc) is 3.48. The molecule has 0 aliphatic heterocycles. The zero-order chi connectivity index (χ0) is 24.0. The molecule has 0 radical (unpaired) electrons. The van der Waals surface area contributed by atoms with Crippen molar-refractivity contribution in [2.45, 2.75) is 50.0 Å². The molecule has 1 N–H and O–H groups in total. The number of hydrogen-bond acceptors (Lipinski definition) is 6. The number of sulfonamides is 1. The number of benzene rings is 2. The molecular weight excluding hydrogens is 480 g/mol. The molecule has 2 fully saturated rings. The summed E-state index contributed by atoms with van der Waals surface area (Å²) >= 11 is 1.56. The summed E-state index contributed by atoms with van der Waals surface area (Å²) in [7, 11) is -3.32. The van der Waals surface area contributed by atoms with E-state index in [1.54, 1.807) is 29.7 Å². The molecule has 2 aliphatic rings. The SMILES string of the molecule is N#Cc1c(-c2ccc(NS(=O)(=O)C3CC3)cc2)n(C2CCC2)c2cc(OCc3nccs3)ccc12. The van der Waals surface area contributed by atoms with Gasteiger partial charge in [-0.2, -0.15) is 5.26 Å². The number of fused-ring (bicyclic) bond motifs is 1. The van der Waals surface area contributed by atoms with Crippen LogP contribution in [0.4, 0.5) is 5.69 Å². The second-order valence-corrected chi connectivity index (χ2v) is 12.0. The summed E-state index contributed by atoms with van der Waals surface area (Å²) < 4.78 is 35.6. The van der Waals surface area contributed by atoms with Gasteiger partial charge in [-0.25, -0.2) is 13.4 Å². The fourth-order valence-electron chi connectivity index (χ4n) is 4.59. The van der Waals surface area contributed by atoms with Crippen molar-refractivity contribution >= 4 is 38.0 Å². The molecule has 2 saturated carbocycles. The summed E-state index contributed by atoms with van der Waals surface area (Å²) in [6, 6.07) is 16.0. The highest BCUT2D eigenvalue weighted by molar-refractivity contribution is 7.93. The molecule has 2 aliphatic carbocycles. The van der Waals surface area contributed by atoms with Crippen molar-refractivity contribution < 1.29 is 13.2 Å². The van der Waals surface area contributed by atoms with Crippen LogP contribution in [0.5, 0.6) is 5.75 Å². The minimum Gasteiger partial charge on any atom is -0.486 e. The Labute approximate surface area is 208 Å². The van der Waals surface area contributed by atoms with Gasteiger partial charge in [0.15, 0.2) is 0 Å². The summed E-state index contributed by atoms with van der Waals surface area (Å²) in [5, 5.41) is 13.6. The van der Waals surface area contributed by atoms with Gasteiger partial charge in [-0.3, -0.25) is 4.72 Å². The average molecular weight is 505 g/mol. The van der Waals surface area contributed by atoms with Gasteiger partial charge in [0.25, 0.3) is 0 Å². The second kappa shape index (κ2) is 8.70. The molecule has 2 heterocycles. The van der Waals surface area contributed by atoms with Crippen LogP contribution in [0, 0.1) is 11.3 Å². The second-order valence-electron chi connectivity index (χ2n) is 9.11. The number of thiazole rings is 1. The minimum atomic E-state index is -3.32. The van der Waals surface area contributed by atoms with Gasteiger partial charge in [0.2, 0.25) is 10.0 Å². The van der Waals surface area contributed by atoms with E-state index in [9.17, 15) is 13.7 Å². The van der Waals surface area contributed by atoms with Gasteiger partial charge in [0.1, 0.15) is 23.4 Å². The highest BCUT2D eigenvalue weighted by Gasteiger charge is 2.35. The first-order valence-corrected chi connectivity index (χ1v) is 14.2. The van der Waals surface area contributed by atoms with E-state index in [1.807, 2.05) is 35.7 Å². The van der Waals surface area contributed by atoms with Crippen molar-refractivity contribution in [3.63, 3.8) is 0 Å². The summed E-state index contributed by atoms with van der Waals surface area (Å²) in [6.45, 7) is 0.406. The number of ether oxygens (including phenoxy) is 1. The summed E-state index contributed by atoms with van der Waals surface area (Å²) in [4.78, 5) is 4.28. The molecule has 6 rings (SSSR count). The van der Waals surface area contributed by atoms with Crippen molar-refractivity contribution in [1.82, 2.24) is 9.55 Å². The van der Waals surface area contributed by atoms with Gasteiger partial charge < -0.3 is 9.30 Å². The van der Waals surface area contributed by atoms with Crippen LogP contribution in [-0.2, 0) is 16.6 Å². The van der Waals surface area contributed by atoms with E-state index < -0.39 is 10.0 Å². The molecule has 0 amide bonds. The molecule has 2 aromatic heterocycles. The first-order chi connectivity index (χ1) is 17.0. The summed E-state index contributed by atoms with van der Waals surface area (Å²) in [5.74, 6) is 0.742. The van der Waals surface area contributed by atoms with Crippen LogP contribution in [0.1, 0.15) is 48.7 Å². The standard InChI is InChI=1S/C26H24N4O3S2/c27-15-23-22-11-8-20(33-16-25-28-12-13-34-25)14-24(22)30(19-2-1-3-19)26(23)17-4-6-18(7-5-17)29-35(31,32)21-9-10-21/h4-8,11-14,19,21,29H,1-3,9-10,16H2. The maximum atomic E-state index is 12.3. The van der Waals surface area contributed by atoms with Crippen LogP contribution in [0.2, 0.25) is 0 Å². The number of nitrogens with zero attached hydrogens (tertiary/aromatic N) is 3. The number of nitriles is 1. The molecule has 0 saturated heterocycles. The molecule has 4 aromatic rings. The highest BCUT2D eigenvalue weighted by Crippen LogP contribution is 2.43. The molecule has 0 atom stereocenters. The predicted molar refractivity (Wildman–Crippen MR) is 137 cm³/mol. The minimum absolute atomic E-state index is 0.277. The van der Waals surface area contributed by atoms with Gasteiger partial charge >= 0.3 is 0 Å². The number of aromatic nitrogens is 2. The largest absolute Gasteiger partial charge is 0.486 e. The lowest BCUT2D eigenvalue weighted by atomic mass is 9.92. The molecule has 35 heavy (non-hydrogen) atoms. The molecule has 0 spiro atoms. The normalized spacial score (nSPS) is 16.1.